The molecule has 1 rings (SSSR count). The van der Waals surface area contributed by atoms with Crippen LogP contribution in [0.5, 0.6) is 0 Å². The molecule has 1 heterocycles. The summed E-state index contributed by atoms with van der Waals surface area (Å²) in [6.07, 6.45) is -0.679. The zero-order valence-electron chi connectivity index (χ0n) is 20.7. The lowest BCUT2D eigenvalue weighted by Gasteiger charge is -2.46. The molecule has 0 unspecified atom stereocenters. The average molecular weight is 443 g/mol. The van der Waals surface area contributed by atoms with E-state index in [0.717, 1.165) is 0 Å². The minimum atomic E-state index is -1.88. The molecular formula is C24H42O7. The first-order valence-electron chi connectivity index (χ1n) is 11.4. The number of hydrogen-bond donors (Lipinski definition) is 2. The van der Waals surface area contributed by atoms with Crippen molar-refractivity contribution < 1.29 is 34.1 Å². The zero-order chi connectivity index (χ0) is 24.4. The summed E-state index contributed by atoms with van der Waals surface area (Å²) < 4.78 is 11.3. The van der Waals surface area contributed by atoms with Crippen molar-refractivity contribution in [2.75, 3.05) is 7.11 Å². The second-order valence-corrected chi connectivity index (χ2v) is 9.83. The smallest absolute Gasteiger partial charge is 0.316 e. The number of hydrogen-bond acceptors (Lipinski definition) is 7. The van der Waals surface area contributed by atoms with Crippen molar-refractivity contribution in [3.05, 3.63) is 0 Å². The summed E-state index contributed by atoms with van der Waals surface area (Å²) in [5, 5.41) is 22.6. The van der Waals surface area contributed by atoms with E-state index in [-0.39, 0.29) is 36.7 Å². The van der Waals surface area contributed by atoms with Crippen LogP contribution in [0.1, 0.15) is 81.1 Å². The maximum absolute atomic E-state index is 13.1. The Kier molecular flexibility index (Phi) is 9.02. The summed E-state index contributed by atoms with van der Waals surface area (Å²) in [6, 6.07) is 0. The van der Waals surface area contributed by atoms with E-state index in [1.807, 2.05) is 13.8 Å². The number of ketones is 2. The second kappa shape index (κ2) is 10.1. The van der Waals surface area contributed by atoms with Gasteiger partial charge in [-0.25, -0.2) is 0 Å². The van der Waals surface area contributed by atoms with E-state index >= 15 is 0 Å². The molecule has 0 aromatic rings. The Labute approximate surface area is 186 Å². The Bertz CT molecular complexity index is 673. The SMILES string of the molecule is CC[C@H]1OC(=O)[C@H](C)C(=O)[C@H](C)[C@@H](C)[C@](C)(OC)C[C@@H](C)C(=O)C[C@](O)(CC)[C@]1(C)O. The number of methoxy groups -OCH3 is 1. The van der Waals surface area contributed by atoms with Gasteiger partial charge in [-0.15, -0.1) is 0 Å². The first kappa shape index (κ1) is 27.7. The fraction of sp³-hybridized carbons (Fsp3) is 0.875. The Balaban J connectivity index is 3.56. The van der Waals surface area contributed by atoms with Crippen LogP contribution >= 0.6 is 0 Å². The summed E-state index contributed by atoms with van der Waals surface area (Å²) in [7, 11) is 1.55. The maximum Gasteiger partial charge on any atom is 0.316 e. The van der Waals surface area contributed by atoms with Crippen molar-refractivity contribution in [3.63, 3.8) is 0 Å². The van der Waals surface area contributed by atoms with Crippen molar-refractivity contribution in [2.45, 2.75) is 104 Å². The van der Waals surface area contributed by atoms with E-state index < -0.39 is 46.6 Å². The molecule has 1 fully saturated rings. The quantitative estimate of drug-likeness (QED) is 0.510. The molecule has 7 heteroatoms. The van der Waals surface area contributed by atoms with Crippen molar-refractivity contribution in [1.82, 2.24) is 0 Å². The zero-order valence-corrected chi connectivity index (χ0v) is 20.7. The van der Waals surface area contributed by atoms with Gasteiger partial charge in [-0.2, -0.15) is 0 Å². The number of cyclic esters (lactones) is 1. The standard InChI is InChI=1S/C24H42O7/c1-10-19-23(8,28)24(29,11-2)13-18(25)14(3)12-22(7,30-9)17(6)15(4)20(26)16(5)21(27)31-19/h14-17,19,28-29H,10-13H2,1-9H3/t14-,15-,16-,17-,19-,22-,23-,24-/m1/s1. The first-order valence-corrected chi connectivity index (χ1v) is 11.4. The second-order valence-electron chi connectivity index (χ2n) is 9.83. The van der Waals surface area contributed by atoms with E-state index in [1.54, 1.807) is 34.8 Å². The third kappa shape index (κ3) is 5.37. The Morgan fingerprint density at radius 3 is 2.06 bits per heavy atom. The van der Waals surface area contributed by atoms with Gasteiger partial charge < -0.3 is 19.7 Å². The molecule has 0 spiro atoms. The summed E-state index contributed by atoms with van der Waals surface area (Å²) >= 11 is 0. The third-order valence-electron chi connectivity index (χ3n) is 7.92. The lowest BCUT2D eigenvalue weighted by molar-refractivity contribution is -0.214. The number of esters is 1. The van der Waals surface area contributed by atoms with Crippen LogP contribution in [0.3, 0.4) is 0 Å². The number of rotatable bonds is 3. The molecule has 180 valence electrons. The minimum Gasteiger partial charge on any atom is -0.459 e. The van der Waals surface area contributed by atoms with Crippen molar-refractivity contribution >= 4 is 17.5 Å². The van der Waals surface area contributed by atoms with Crippen LogP contribution in [0.4, 0.5) is 0 Å². The molecule has 0 aliphatic carbocycles. The normalized spacial score (nSPS) is 44.0. The molecule has 8 atom stereocenters. The molecular weight excluding hydrogens is 400 g/mol. The predicted octanol–water partition coefficient (Wildman–Crippen LogP) is 3.08. The first-order chi connectivity index (χ1) is 14.1. The van der Waals surface area contributed by atoms with E-state index in [4.69, 9.17) is 9.47 Å². The highest BCUT2D eigenvalue weighted by atomic mass is 16.6. The Morgan fingerprint density at radius 2 is 1.61 bits per heavy atom. The van der Waals surface area contributed by atoms with Crippen LogP contribution in [-0.2, 0) is 23.9 Å². The minimum absolute atomic E-state index is 0.0932. The van der Waals surface area contributed by atoms with Gasteiger partial charge in [-0.1, -0.05) is 34.6 Å². The summed E-state index contributed by atoms with van der Waals surface area (Å²) in [5.41, 5.74) is -4.46. The van der Waals surface area contributed by atoms with Gasteiger partial charge in [0.15, 0.2) is 0 Å². The van der Waals surface area contributed by atoms with E-state index in [1.165, 1.54) is 13.8 Å². The molecule has 0 amide bonds. The number of carbonyl (C=O) groups excluding carboxylic acids is 3. The molecule has 1 aliphatic rings. The van der Waals surface area contributed by atoms with Gasteiger partial charge in [0.2, 0.25) is 0 Å². The molecule has 0 aromatic carbocycles. The van der Waals surface area contributed by atoms with Crippen LogP contribution in [0.15, 0.2) is 0 Å². The van der Waals surface area contributed by atoms with Gasteiger partial charge in [0.05, 0.1) is 5.60 Å². The van der Waals surface area contributed by atoms with Gasteiger partial charge in [0.25, 0.3) is 0 Å². The van der Waals surface area contributed by atoms with Gasteiger partial charge in [-0.05, 0) is 46.0 Å². The summed E-state index contributed by atoms with van der Waals surface area (Å²) in [4.78, 5) is 39.0. The van der Waals surface area contributed by atoms with Gasteiger partial charge >= 0.3 is 5.97 Å². The topological polar surface area (TPSA) is 110 Å². The van der Waals surface area contributed by atoms with Crippen molar-refractivity contribution in [3.8, 4) is 0 Å². The fourth-order valence-electron chi connectivity index (χ4n) is 4.72. The van der Waals surface area contributed by atoms with Crippen molar-refractivity contribution in [1.29, 1.82) is 0 Å². The van der Waals surface area contributed by atoms with Crippen molar-refractivity contribution in [2.24, 2.45) is 23.7 Å². The van der Waals surface area contributed by atoms with E-state index in [0.29, 0.717) is 6.42 Å². The lowest BCUT2D eigenvalue weighted by Crippen LogP contribution is -2.61. The highest BCUT2D eigenvalue weighted by Gasteiger charge is 2.53. The van der Waals surface area contributed by atoms with Crippen LogP contribution in [-0.4, -0.2) is 57.8 Å². The summed E-state index contributed by atoms with van der Waals surface area (Å²) in [6.45, 7) is 13.6. The van der Waals surface area contributed by atoms with Crippen LogP contribution in [0.2, 0.25) is 0 Å². The third-order valence-corrected chi connectivity index (χ3v) is 7.92. The monoisotopic (exact) mass is 442 g/mol. The average Bonchev–Trinajstić information content (AvgIpc) is 2.73. The number of Topliss-reactive ketones (excluding diaryl/α,β-unsaturated/α-hetero) is 2. The predicted molar refractivity (Wildman–Crippen MR) is 117 cm³/mol. The Hall–Kier alpha value is -1.31. The van der Waals surface area contributed by atoms with Gasteiger partial charge in [0, 0.05) is 25.4 Å². The Morgan fingerprint density at radius 1 is 1.06 bits per heavy atom. The molecule has 0 aromatic heterocycles. The number of aliphatic hydroxyl groups is 2. The molecule has 0 saturated carbocycles. The number of carbonyl (C=O) groups is 3. The van der Waals surface area contributed by atoms with Crippen LogP contribution < -0.4 is 0 Å². The maximum atomic E-state index is 13.1. The van der Waals surface area contributed by atoms with Gasteiger partial charge in [-0.3, -0.25) is 14.4 Å². The molecule has 0 bridgehead atoms. The molecule has 7 nitrogen and oxygen atoms in total. The summed E-state index contributed by atoms with van der Waals surface area (Å²) in [5.74, 6) is -3.51. The largest absolute Gasteiger partial charge is 0.459 e. The fourth-order valence-corrected chi connectivity index (χ4v) is 4.72. The molecule has 2 N–H and O–H groups in total. The molecule has 1 aliphatic heterocycles. The highest BCUT2D eigenvalue weighted by Crippen LogP contribution is 2.40. The molecule has 31 heavy (non-hydrogen) atoms. The molecule has 1 saturated heterocycles. The highest BCUT2D eigenvalue weighted by molar-refractivity contribution is 5.99. The van der Waals surface area contributed by atoms with E-state index in [2.05, 4.69) is 0 Å². The number of ether oxygens (including phenoxy) is 2. The van der Waals surface area contributed by atoms with Gasteiger partial charge in [0.1, 0.15) is 34.8 Å². The van der Waals surface area contributed by atoms with E-state index in [9.17, 15) is 24.6 Å². The lowest BCUT2D eigenvalue weighted by atomic mass is 9.70. The van der Waals surface area contributed by atoms with Crippen LogP contribution in [0.25, 0.3) is 0 Å². The van der Waals surface area contributed by atoms with Crippen LogP contribution in [0, 0.1) is 23.7 Å². The molecule has 0 radical (unpaired) electrons.